The smallest absolute Gasteiger partial charge is 0.271 e. The van der Waals surface area contributed by atoms with Crippen molar-refractivity contribution in [1.82, 2.24) is 20.0 Å². The number of amides is 1. The van der Waals surface area contributed by atoms with Crippen molar-refractivity contribution < 1.29 is 9.53 Å². The van der Waals surface area contributed by atoms with E-state index in [9.17, 15) is 4.79 Å². The van der Waals surface area contributed by atoms with Crippen LogP contribution in [0.1, 0.15) is 36.2 Å². The van der Waals surface area contributed by atoms with Gasteiger partial charge in [-0.05, 0) is 63.1 Å². The second-order valence-corrected chi connectivity index (χ2v) is 7.60. The highest BCUT2D eigenvalue weighted by Crippen LogP contribution is 2.34. The van der Waals surface area contributed by atoms with Gasteiger partial charge in [0.15, 0.2) is 6.73 Å². The van der Waals surface area contributed by atoms with E-state index in [0.29, 0.717) is 28.5 Å². The van der Waals surface area contributed by atoms with E-state index in [4.69, 9.17) is 16.3 Å². The maximum absolute atomic E-state index is 12.5. The summed E-state index contributed by atoms with van der Waals surface area (Å²) in [5.41, 5.74) is 0.427. The Morgan fingerprint density at radius 1 is 1.23 bits per heavy atom. The maximum Gasteiger partial charge on any atom is 0.271 e. The molecule has 4 rings (SSSR count). The third-order valence-corrected chi connectivity index (χ3v) is 5.74. The number of benzene rings is 1. The number of hydrogen-bond acceptors (Lipinski definition) is 4. The quantitative estimate of drug-likeness (QED) is 0.874. The van der Waals surface area contributed by atoms with E-state index in [-0.39, 0.29) is 18.7 Å². The number of rotatable bonds is 5. The number of ether oxygens (including phenoxy) is 1. The summed E-state index contributed by atoms with van der Waals surface area (Å²) in [6.07, 6.45) is 6.29. The fourth-order valence-electron chi connectivity index (χ4n) is 4.01. The molecule has 138 valence electrons. The second kappa shape index (κ2) is 7.29. The fraction of sp³-hybridized carbons (Fsp3) is 0.474. The van der Waals surface area contributed by atoms with Crippen LogP contribution in [0.25, 0.3) is 0 Å². The largest absolute Gasteiger partial charge is 0.471 e. The van der Waals surface area contributed by atoms with Crippen molar-refractivity contribution in [2.24, 2.45) is 0 Å². The van der Waals surface area contributed by atoms with Gasteiger partial charge in [0, 0.05) is 29.3 Å². The molecule has 2 aliphatic rings. The Morgan fingerprint density at radius 2 is 1.92 bits per heavy atom. The molecule has 1 aromatic carbocycles. The first-order valence-electron chi connectivity index (χ1n) is 9.03. The summed E-state index contributed by atoms with van der Waals surface area (Å²) < 4.78 is 7.26. The predicted molar refractivity (Wildman–Crippen MR) is 99.4 cm³/mol. The van der Waals surface area contributed by atoms with Crippen molar-refractivity contribution in [1.29, 1.82) is 0 Å². The lowest BCUT2D eigenvalue weighted by molar-refractivity contribution is 0.0875. The molecule has 2 atom stereocenters. The first-order chi connectivity index (χ1) is 12.6. The van der Waals surface area contributed by atoms with Gasteiger partial charge >= 0.3 is 0 Å². The van der Waals surface area contributed by atoms with Crippen molar-refractivity contribution in [3.05, 3.63) is 47.2 Å². The molecule has 26 heavy (non-hydrogen) atoms. The predicted octanol–water partition coefficient (Wildman–Crippen LogP) is 2.93. The lowest BCUT2D eigenvalue weighted by atomic mass is 9.98. The van der Waals surface area contributed by atoms with E-state index in [0.717, 1.165) is 12.8 Å². The van der Waals surface area contributed by atoms with E-state index in [2.05, 4.69) is 22.4 Å². The van der Waals surface area contributed by atoms with Gasteiger partial charge in [0.25, 0.3) is 5.91 Å². The number of piperidine rings is 1. The van der Waals surface area contributed by atoms with Crippen molar-refractivity contribution in [2.45, 2.75) is 50.5 Å². The van der Waals surface area contributed by atoms with Crippen LogP contribution in [0.2, 0.25) is 5.02 Å². The zero-order valence-corrected chi connectivity index (χ0v) is 15.5. The van der Waals surface area contributed by atoms with Crippen LogP contribution in [0, 0.1) is 0 Å². The van der Waals surface area contributed by atoms with E-state index >= 15 is 0 Å². The third-order valence-electron chi connectivity index (χ3n) is 5.48. The average molecular weight is 375 g/mol. The van der Waals surface area contributed by atoms with Crippen LogP contribution in [0.5, 0.6) is 5.75 Å². The Bertz CT molecular complexity index is 762. The van der Waals surface area contributed by atoms with Crippen LogP contribution >= 0.6 is 11.6 Å². The van der Waals surface area contributed by atoms with Crippen LogP contribution in [-0.2, 0) is 6.73 Å². The number of carbonyl (C=O) groups is 1. The Kier molecular flexibility index (Phi) is 4.87. The van der Waals surface area contributed by atoms with Crippen LogP contribution in [0.3, 0.4) is 0 Å². The van der Waals surface area contributed by atoms with Crippen molar-refractivity contribution in [3.63, 3.8) is 0 Å². The summed E-state index contributed by atoms with van der Waals surface area (Å²) in [4.78, 5) is 15.0. The molecular formula is C19H23ClN4O2. The molecule has 2 aliphatic heterocycles. The first kappa shape index (κ1) is 17.4. The van der Waals surface area contributed by atoms with Gasteiger partial charge in [-0.2, -0.15) is 5.10 Å². The van der Waals surface area contributed by atoms with E-state index in [1.807, 2.05) is 0 Å². The highest BCUT2D eigenvalue weighted by molar-refractivity contribution is 6.30. The van der Waals surface area contributed by atoms with Gasteiger partial charge in [-0.3, -0.25) is 4.79 Å². The minimum atomic E-state index is -0.107. The zero-order valence-electron chi connectivity index (χ0n) is 14.8. The van der Waals surface area contributed by atoms with Gasteiger partial charge in [-0.25, -0.2) is 4.68 Å². The molecule has 7 heteroatoms. The summed E-state index contributed by atoms with van der Waals surface area (Å²) in [5.74, 6) is 0.599. The molecule has 2 bridgehead atoms. The van der Waals surface area contributed by atoms with E-state index in [1.54, 1.807) is 41.2 Å². The lowest BCUT2D eigenvalue weighted by Gasteiger charge is -2.36. The Labute approximate surface area is 158 Å². The van der Waals surface area contributed by atoms with Gasteiger partial charge in [-0.1, -0.05) is 11.6 Å². The molecule has 6 nitrogen and oxygen atoms in total. The number of nitrogens with one attached hydrogen (secondary N) is 1. The second-order valence-electron chi connectivity index (χ2n) is 7.16. The van der Waals surface area contributed by atoms with Crippen LogP contribution in [0.4, 0.5) is 0 Å². The molecule has 2 aromatic rings. The lowest BCUT2D eigenvalue weighted by Crippen LogP contribution is -2.48. The van der Waals surface area contributed by atoms with Gasteiger partial charge in [0.05, 0.1) is 0 Å². The zero-order chi connectivity index (χ0) is 18.1. The fourth-order valence-corrected chi connectivity index (χ4v) is 4.14. The molecule has 2 saturated heterocycles. The van der Waals surface area contributed by atoms with Crippen molar-refractivity contribution in [2.75, 3.05) is 7.05 Å². The topological polar surface area (TPSA) is 59.4 Å². The van der Waals surface area contributed by atoms with Crippen molar-refractivity contribution >= 4 is 17.5 Å². The van der Waals surface area contributed by atoms with Crippen molar-refractivity contribution in [3.8, 4) is 5.75 Å². The number of aromatic nitrogens is 2. The van der Waals surface area contributed by atoms with Gasteiger partial charge < -0.3 is 15.0 Å². The Balaban J connectivity index is 1.31. The van der Waals surface area contributed by atoms with Crippen LogP contribution in [0.15, 0.2) is 36.5 Å². The van der Waals surface area contributed by atoms with Gasteiger partial charge in [-0.15, -0.1) is 0 Å². The molecule has 0 radical (unpaired) electrons. The summed E-state index contributed by atoms with van der Waals surface area (Å²) in [6, 6.07) is 10.3. The molecule has 3 heterocycles. The summed E-state index contributed by atoms with van der Waals surface area (Å²) in [5, 5.41) is 8.14. The number of nitrogens with zero attached hydrogens (tertiary/aromatic N) is 3. The number of halogens is 1. The SMILES string of the molecule is CN1C2CCC1CC(NC(=O)c1ccn(COc3ccc(Cl)cc3)n1)C2. The summed E-state index contributed by atoms with van der Waals surface area (Å²) in [6.45, 7) is 0.243. The molecule has 1 N–H and O–H groups in total. The van der Waals surface area contributed by atoms with E-state index in [1.165, 1.54) is 12.8 Å². The molecule has 2 fully saturated rings. The molecule has 0 spiro atoms. The van der Waals surface area contributed by atoms with Gasteiger partial charge in [0.2, 0.25) is 0 Å². The molecule has 0 aliphatic carbocycles. The highest BCUT2D eigenvalue weighted by Gasteiger charge is 2.38. The number of carbonyl (C=O) groups excluding carboxylic acids is 1. The number of fused-ring (bicyclic) bond motifs is 2. The van der Waals surface area contributed by atoms with E-state index < -0.39 is 0 Å². The minimum Gasteiger partial charge on any atom is -0.471 e. The molecule has 1 amide bonds. The molecule has 1 aromatic heterocycles. The van der Waals surface area contributed by atoms with Crippen LogP contribution < -0.4 is 10.1 Å². The summed E-state index contributed by atoms with van der Waals surface area (Å²) >= 11 is 5.86. The average Bonchev–Trinajstić information content (AvgIpc) is 3.17. The standard InChI is InChI=1S/C19H23ClN4O2/c1-23-15-4-5-16(23)11-14(10-15)21-19(25)18-8-9-24(22-18)12-26-17-6-2-13(20)3-7-17/h2-3,6-9,14-16H,4-5,10-12H2,1H3,(H,21,25). The summed E-state index contributed by atoms with van der Waals surface area (Å²) in [7, 11) is 2.20. The molecular weight excluding hydrogens is 352 g/mol. The monoisotopic (exact) mass is 374 g/mol. The molecule has 2 unspecified atom stereocenters. The first-order valence-corrected chi connectivity index (χ1v) is 9.41. The third kappa shape index (κ3) is 3.71. The normalized spacial score (nSPS) is 25.2. The highest BCUT2D eigenvalue weighted by atomic mass is 35.5. The van der Waals surface area contributed by atoms with Gasteiger partial charge in [0.1, 0.15) is 11.4 Å². The maximum atomic E-state index is 12.5. The minimum absolute atomic E-state index is 0.107. The Morgan fingerprint density at radius 3 is 2.62 bits per heavy atom. The van der Waals surface area contributed by atoms with Crippen LogP contribution in [-0.4, -0.2) is 45.8 Å². The number of hydrogen-bond donors (Lipinski definition) is 1. The molecule has 0 saturated carbocycles. The Hall–Kier alpha value is -2.05.